The van der Waals surface area contributed by atoms with Gasteiger partial charge in [-0.15, -0.1) is 0 Å². The van der Waals surface area contributed by atoms with Crippen LogP contribution in [0.25, 0.3) is 43.1 Å². The Hall–Kier alpha value is -3.72. The molecule has 34 heavy (non-hydrogen) atoms. The molecule has 0 aliphatic rings. The number of rotatable bonds is 4. The third-order valence-electron chi connectivity index (χ3n) is 6.47. The molecule has 168 valence electrons. The van der Waals surface area contributed by atoms with Crippen molar-refractivity contribution in [2.24, 2.45) is 0 Å². The third-order valence-corrected chi connectivity index (χ3v) is 6.47. The van der Waals surface area contributed by atoms with E-state index in [0.717, 1.165) is 13.1 Å². The van der Waals surface area contributed by atoms with Gasteiger partial charge in [-0.3, -0.25) is 0 Å². The van der Waals surface area contributed by atoms with Crippen LogP contribution in [0.2, 0.25) is 0 Å². The average Bonchev–Trinajstić information content (AvgIpc) is 2.89. The summed E-state index contributed by atoms with van der Waals surface area (Å²) >= 11 is 0. The van der Waals surface area contributed by atoms with Crippen LogP contribution in [0.5, 0.6) is 0 Å². The molecule has 0 saturated heterocycles. The van der Waals surface area contributed by atoms with E-state index in [2.05, 4.69) is 120 Å². The molecule has 2 N–H and O–H groups in total. The van der Waals surface area contributed by atoms with Crippen molar-refractivity contribution in [2.45, 2.75) is 13.1 Å². The van der Waals surface area contributed by atoms with Gasteiger partial charge in [-0.05, 0) is 80.4 Å². The SMILES string of the molecule is CNCc1c2ccccc2cc2ccccc12.CNCc1c2ccccc2cc2ccccc12. The molecule has 6 aromatic rings. The Morgan fingerprint density at radius 1 is 0.412 bits per heavy atom. The molecule has 0 atom stereocenters. The van der Waals surface area contributed by atoms with Crippen LogP contribution >= 0.6 is 0 Å². The Balaban J connectivity index is 0.000000142. The van der Waals surface area contributed by atoms with Crippen LogP contribution in [0.15, 0.2) is 109 Å². The quantitative estimate of drug-likeness (QED) is 0.278. The molecule has 2 nitrogen and oxygen atoms in total. The minimum Gasteiger partial charge on any atom is -0.316 e. The van der Waals surface area contributed by atoms with Gasteiger partial charge in [0.1, 0.15) is 0 Å². The van der Waals surface area contributed by atoms with Gasteiger partial charge in [-0.1, -0.05) is 97.1 Å². The maximum Gasteiger partial charge on any atom is 0.0214 e. The number of benzene rings is 6. The second kappa shape index (κ2) is 10.0. The van der Waals surface area contributed by atoms with Crippen LogP contribution in [0.4, 0.5) is 0 Å². The zero-order valence-electron chi connectivity index (χ0n) is 19.8. The smallest absolute Gasteiger partial charge is 0.0214 e. The van der Waals surface area contributed by atoms with E-state index in [0.29, 0.717) is 0 Å². The maximum absolute atomic E-state index is 3.27. The fourth-order valence-electron chi connectivity index (χ4n) is 4.95. The molecule has 0 heterocycles. The second-order valence-electron chi connectivity index (χ2n) is 8.66. The van der Waals surface area contributed by atoms with Gasteiger partial charge in [0.25, 0.3) is 0 Å². The molecule has 0 aliphatic heterocycles. The largest absolute Gasteiger partial charge is 0.316 e. The monoisotopic (exact) mass is 442 g/mol. The molecule has 0 aromatic heterocycles. The lowest BCUT2D eigenvalue weighted by molar-refractivity contribution is 0.829. The van der Waals surface area contributed by atoms with Gasteiger partial charge in [0.2, 0.25) is 0 Å². The number of hydrogen-bond acceptors (Lipinski definition) is 2. The van der Waals surface area contributed by atoms with E-state index >= 15 is 0 Å². The van der Waals surface area contributed by atoms with Crippen molar-refractivity contribution in [3.05, 3.63) is 120 Å². The molecule has 0 fully saturated rings. The standard InChI is InChI=1S/2C16H15N/c2*1-17-11-16-14-8-4-2-6-12(14)10-13-7-3-5-9-15(13)16/h2*2-10,17H,11H2,1H3. The highest BCUT2D eigenvalue weighted by atomic mass is 14.8. The molecule has 0 spiro atoms. The first-order chi connectivity index (χ1) is 16.8. The van der Waals surface area contributed by atoms with Crippen molar-refractivity contribution in [1.29, 1.82) is 0 Å². The molecule has 0 unspecified atom stereocenters. The van der Waals surface area contributed by atoms with E-state index in [1.165, 1.54) is 54.2 Å². The molecular weight excluding hydrogens is 412 g/mol. The van der Waals surface area contributed by atoms with E-state index in [-0.39, 0.29) is 0 Å². The van der Waals surface area contributed by atoms with Crippen molar-refractivity contribution in [2.75, 3.05) is 14.1 Å². The highest BCUT2D eigenvalue weighted by Crippen LogP contribution is 2.29. The molecule has 0 amide bonds. The van der Waals surface area contributed by atoms with E-state index in [1.54, 1.807) is 0 Å². The lowest BCUT2D eigenvalue weighted by Gasteiger charge is -2.10. The van der Waals surface area contributed by atoms with Crippen LogP contribution in [0, 0.1) is 0 Å². The summed E-state index contributed by atoms with van der Waals surface area (Å²) in [6.45, 7) is 1.81. The highest BCUT2D eigenvalue weighted by Gasteiger charge is 2.06. The first-order valence-electron chi connectivity index (χ1n) is 11.9. The van der Waals surface area contributed by atoms with Crippen molar-refractivity contribution in [3.8, 4) is 0 Å². The summed E-state index contributed by atoms with van der Waals surface area (Å²) in [5, 5.41) is 17.2. The summed E-state index contributed by atoms with van der Waals surface area (Å²) in [7, 11) is 3.99. The molecule has 0 bridgehead atoms. The molecule has 6 rings (SSSR count). The third kappa shape index (κ3) is 4.26. The summed E-state index contributed by atoms with van der Waals surface area (Å²) in [5.74, 6) is 0. The second-order valence-corrected chi connectivity index (χ2v) is 8.66. The van der Waals surface area contributed by atoms with E-state index in [9.17, 15) is 0 Å². The molecule has 0 aliphatic carbocycles. The van der Waals surface area contributed by atoms with E-state index in [1.807, 2.05) is 14.1 Å². The average molecular weight is 443 g/mol. The number of nitrogens with one attached hydrogen (secondary N) is 2. The van der Waals surface area contributed by atoms with Crippen molar-refractivity contribution < 1.29 is 0 Å². The summed E-state index contributed by atoms with van der Waals surface area (Å²) in [4.78, 5) is 0. The first kappa shape index (κ1) is 22.1. The van der Waals surface area contributed by atoms with Crippen LogP contribution in [0.1, 0.15) is 11.1 Å². The fourth-order valence-corrected chi connectivity index (χ4v) is 4.95. The van der Waals surface area contributed by atoms with Crippen molar-refractivity contribution in [3.63, 3.8) is 0 Å². The van der Waals surface area contributed by atoms with Gasteiger partial charge in [0.05, 0.1) is 0 Å². The van der Waals surface area contributed by atoms with Gasteiger partial charge in [-0.2, -0.15) is 0 Å². The predicted octanol–water partition coefficient (Wildman–Crippen LogP) is 7.42. The highest BCUT2D eigenvalue weighted by molar-refractivity contribution is 6.03. The number of hydrogen-bond donors (Lipinski definition) is 2. The van der Waals surface area contributed by atoms with Crippen LogP contribution < -0.4 is 10.6 Å². The topological polar surface area (TPSA) is 24.1 Å². The minimum absolute atomic E-state index is 0.905. The van der Waals surface area contributed by atoms with Crippen LogP contribution in [0.3, 0.4) is 0 Å². The molecule has 0 radical (unpaired) electrons. The van der Waals surface area contributed by atoms with Crippen LogP contribution in [-0.4, -0.2) is 14.1 Å². The Morgan fingerprint density at radius 3 is 0.941 bits per heavy atom. The Morgan fingerprint density at radius 2 is 0.676 bits per heavy atom. The van der Waals surface area contributed by atoms with Crippen LogP contribution in [-0.2, 0) is 13.1 Å². The van der Waals surface area contributed by atoms with E-state index < -0.39 is 0 Å². The van der Waals surface area contributed by atoms with Crippen molar-refractivity contribution >= 4 is 43.1 Å². The Labute approximate surface area is 201 Å². The normalized spacial score (nSPS) is 11.1. The Bertz CT molecular complexity index is 1350. The molecule has 0 saturated carbocycles. The molecule has 2 heteroatoms. The van der Waals surface area contributed by atoms with Gasteiger partial charge in [0, 0.05) is 13.1 Å². The lowest BCUT2D eigenvalue weighted by Crippen LogP contribution is -2.06. The van der Waals surface area contributed by atoms with Gasteiger partial charge in [-0.25, -0.2) is 0 Å². The summed E-state index contributed by atoms with van der Waals surface area (Å²) < 4.78 is 0. The maximum atomic E-state index is 3.27. The zero-order valence-corrected chi connectivity index (χ0v) is 19.8. The molecule has 6 aromatic carbocycles. The van der Waals surface area contributed by atoms with E-state index in [4.69, 9.17) is 0 Å². The van der Waals surface area contributed by atoms with Gasteiger partial charge in [0.15, 0.2) is 0 Å². The summed E-state index contributed by atoms with van der Waals surface area (Å²) in [5.41, 5.74) is 2.78. The predicted molar refractivity (Wildman–Crippen MR) is 148 cm³/mol. The fraction of sp³-hybridized carbons (Fsp3) is 0.125. The summed E-state index contributed by atoms with van der Waals surface area (Å²) in [6.07, 6.45) is 0. The Kier molecular flexibility index (Phi) is 6.53. The minimum atomic E-state index is 0.905. The first-order valence-corrected chi connectivity index (χ1v) is 11.9. The molecular formula is C32H30N2. The van der Waals surface area contributed by atoms with Gasteiger partial charge >= 0.3 is 0 Å². The summed E-state index contributed by atoms with van der Waals surface area (Å²) in [6, 6.07) is 38.9. The lowest BCUT2D eigenvalue weighted by atomic mass is 9.97. The van der Waals surface area contributed by atoms with Gasteiger partial charge < -0.3 is 10.6 Å². The zero-order chi connectivity index (χ0) is 23.3. The number of fused-ring (bicyclic) bond motifs is 4. The van der Waals surface area contributed by atoms with Crippen molar-refractivity contribution in [1.82, 2.24) is 10.6 Å².